The summed E-state index contributed by atoms with van der Waals surface area (Å²) in [5, 5.41) is 5.68. The van der Waals surface area contributed by atoms with Gasteiger partial charge in [0.25, 0.3) is 0 Å². The van der Waals surface area contributed by atoms with Gasteiger partial charge in [-0.3, -0.25) is 9.59 Å². The van der Waals surface area contributed by atoms with Crippen LogP contribution in [0.3, 0.4) is 0 Å². The molecule has 0 aliphatic heterocycles. The standard InChI is InChI=1S/C20H30N2O5S/c1-28(25,26)18-11-9-17(10-12-18)27-15-5-8-19(23)21-13-14-22-20(24)16-6-3-2-4-7-16/h9-12,16H,2-8,13-15H2,1H3,(H,21,23)(H,22,24). The van der Waals surface area contributed by atoms with Crippen molar-refractivity contribution in [2.75, 3.05) is 26.0 Å². The largest absolute Gasteiger partial charge is 0.494 e. The van der Waals surface area contributed by atoms with Crippen molar-refractivity contribution in [1.82, 2.24) is 10.6 Å². The van der Waals surface area contributed by atoms with Gasteiger partial charge in [0.15, 0.2) is 9.84 Å². The molecule has 1 aliphatic carbocycles. The van der Waals surface area contributed by atoms with Crippen molar-refractivity contribution in [3.05, 3.63) is 24.3 Å². The molecule has 28 heavy (non-hydrogen) atoms. The van der Waals surface area contributed by atoms with Crippen LogP contribution in [-0.2, 0) is 19.4 Å². The zero-order valence-corrected chi connectivity index (χ0v) is 17.2. The van der Waals surface area contributed by atoms with Gasteiger partial charge in [-0.25, -0.2) is 8.42 Å². The molecule has 156 valence electrons. The van der Waals surface area contributed by atoms with E-state index in [1.807, 2.05) is 0 Å². The molecular weight excluding hydrogens is 380 g/mol. The minimum atomic E-state index is -3.21. The summed E-state index contributed by atoms with van der Waals surface area (Å²) in [5.74, 6) is 0.721. The molecule has 0 spiro atoms. The van der Waals surface area contributed by atoms with E-state index in [1.54, 1.807) is 12.1 Å². The number of hydrogen-bond acceptors (Lipinski definition) is 5. The number of nitrogens with one attached hydrogen (secondary N) is 2. The number of amides is 2. The first-order chi connectivity index (χ1) is 13.4. The van der Waals surface area contributed by atoms with Crippen LogP contribution in [0.2, 0.25) is 0 Å². The Hall–Kier alpha value is -2.09. The maximum Gasteiger partial charge on any atom is 0.223 e. The molecular formula is C20H30N2O5S. The molecule has 1 aromatic carbocycles. The molecule has 0 bridgehead atoms. The Balaban J connectivity index is 1.53. The van der Waals surface area contributed by atoms with Crippen LogP contribution in [0.15, 0.2) is 29.2 Å². The minimum absolute atomic E-state index is 0.0806. The van der Waals surface area contributed by atoms with Crippen LogP contribution in [0.5, 0.6) is 5.75 Å². The lowest BCUT2D eigenvalue weighted by atomic mass is 9.89. The van der Waals surface area contributed by atoms with Gasteiger partial charge in [0.1, 0.15) is 5.75 Å². The first kappa shape index (κ1) is 22.2. The summed E-state index contributed by atoms with van der Waals surface area (Å²) in [6.45, 7) is 1.24. The first-order valence-electron chi connectivity index (χ1n) is 9.83. The average Bonchev–Trinajstić information content (AvgIpc) is 2.69. The maximum atomic E-state index is 12.0. The second kappa shape index (κ2) is 11.0. The Bertz CT molecular complexity index is 740. The van der Waals surface area contributed by atoms with Crippen molar-refractivity contribution >= 4 is 21.7 Å². The molecule has 1 fully saturated rings. The van der Waals surface area contributed by atoms with E-state index in [-0.39, 0.29) is 22.6 Å². The quantitative estimate of drug-likeness (QED) is 0.575. The predicted molar refractivity (Wildman–Crippen MR) is 107 cm³/mol. The van der Waals surface area contributed by atoms with Crippen LogP contribution in [-0.4, -0.2) is 46.2 Å². The number of sulfone groups is 1. The molecule has 1 aliphatic rings. The number of benzene rings is 1. The van der Waals surface area contributed by atoms with E-state index in [4.69, 9.17) is 4.74 Å². The van der Waals surface area contributed by atoms with Crippen LogP contribution in [0.1, 0.15) is 44.9 Å². The van der Waals surface area contributed by atoms with E-state index in [2.05, 4.69) is 10.6 Å². The maximum absolute atomic E-state index is 12.0. The highest BCUT2D eigenvalue weighted by molar-refractivity contribution is 7.90. The smallest absolute Gasteiger partial charge is 0.223 e. The summed E-state index contributed by atoms with van der Waals surface area (Å²) in [4.78, 5) is 24.0. The van der Waals surface area contributed by atoms with Gasteiger partial charge in [-0.1, -0.05) is 19.3 Å². The summed E-state index contributed by atoms with van der Waals surface area (Å²) in [6.07, 6.45) is 7.44. The second-order valence-corrected chi connectivity index (χ2v) is 9.19. The lowest BCUT2D eigenvalue weighted by Gasteiger charge is -2.20. The fourth-order valence-electron chi connectivity index (χ4n) is 3.19. The van der Waals surface area contributed by atoms with Gasteiger partial charge in [-0.2, -0.15) is 0 Å². The van der Waals surface area contributed by atoms with Gasteiger partial charge in [0, 0.05) is 31.7 Å². The van der Waals surface area contributed by atoms with Crippen LogP contribution in [0.25, 0.3) is 0 Å². The van der Waals surface area contributed by atoms with Crippen LogP contribution in [0.4, 0.5) is 0 Å². The number of rotatable bonds is 10. The minimum Gasteiger partial charge on any atom is -0.494 e. The molecule has 1 saturated carbocycles. The molecule has 2 N–H and O–H groups in total. The Morgan fingerprint density at radius 2 is 1.68 bits per heavy atom. The molecule has 2 rings (SSSR count). The zero-order valence-electron chi connectivity index (χ0n) is 16.4. The van der Waals surface area contributed by atoms with Crippen molar-refractivity contribution in [3.8, 4) is 5.75 Å². The third-order valence-electron chi connectivity index (χ3n) is 4.79. The molecule has 1 aromatic rings. The molecule has 0 atom stereocenters. The van der Waals surface area contributed by atoms with Crippen molar-refractivity contribution in [2.24, 2.45) is 5.92 Å². The lowest BCUT2D eigenvalue weighted by molar-refractivity contribution is -0.126. The number of ether oxygens (including phenoxy) is 1. The molecule has 0 heterocycles. The van der Waals surface area contributed by atoms with Gasteiger partial charge in [0.05, 0.1) is 11.5 Å². The van der Waals surface area contributed by atoms with Crippen molar-refractivity contribution in [3.63, 3.8) is 0 Å². The SMILES string of the molecule is CS(=O)(=O)c1ccc(OCCCC(=O)NCCNC(=O)C2CCCCC2)cc1. The average molecular weight is 411 g/mol. The Morgan fingerprint density at radius 3 is 2.32 bits per heavy atom. The van der Waals surface area contributed by atoms with Crippen LogP contribution < -0.4 is 15.4 Å². The summed E-state index contributed by atoms with van der Waals surface area (Å²) in [6, 6.07) is 6.20. The number of carbonyl (C=O) groups is 2. The Kier molecular flexibility index (Phi) is 8.76. The van der Waals surface area contributed by atoms with Crippen molar-refractivity contribution < 1.29 is 22.7 Å². The van der Waals surface area contributed by atoms with E-state index in [0.29, 0.717) is 38.3 Å². The Morgan fingerprint density at radius 1 is 1.04 bits per heavy atom. The topological polar surface area (TPSA) is 102 Å². The molecule has 0 unspecified atom stereocenters. The molecule has 0 aromatic heterocycles. The summed E-state index contributed by atoms with van der Waals surface area (Å²) < 4.78 is 28.3. The third kappa shape index (κ3) is 7.88. The van der Waals surface area contributed by atoms with Gasteiger partial charge >= 0.3 is 0 Å². The van der Waals surface area contributed by atoms with Crippen LogP contribution in [0, 0.1) is 5.92 Å². The van der Waals surface area contributed by atoms with Gasteiger partial charge in [-0.15, -0.1) is 0 Å². The normalized spacial score (nSPS) is 15.0. The monoisotopic (exact) mass is 410 g/mol. The van der Waals surface area contributed by atoms with Gasteiger partial charge < -0.3 is 15.4 Å². The molecule has 0 saturated heterocycles. The molecule has 7 nitrogen and oxygen atoms in total. The predicted octanol–water partition coefficient (Wildman–Crippen LogP) is 2.06. The van der Waals surface area contributed by atoms with Gasteiger partial charge in [0.2, 0.25) is 11.8 Å². The highest BCUT2D eigenvalue weighted by Crippen LogP contribution is 2.23. The highest BCUT2D eigenvalue weighted by atomic mass is 32.2. The van der Waals surface area contributed by atoms with E-state index < -0.39 is 9.84 Å². The highest BCUT2D eigenvalue weighted by Gasteiger charge is 2.20. The fraction of sp³-hybridized carbons (Fsp3) is 0.600. The Labute approximate surface area is 167 Å². The molecule has 2 amide bonds. The first-order valence-corrected chi connectivity index (χ1v) is 11.7. The van der Waals surface area contributed by atoms with E-state index in [0.717, 1.165) is 31.9 Å². The van der Waals surface area contributed by atoms with E-state index in [9.17, 15) is 18.0 Å². The summed E-state index contributed by atoms with van der Waals surface area (Å²) in [7, 11) is -3.21. The second-order valence-electron chi connectivity index (χ2n) is 7.17. The summed E-state index contributed by atoms with van der Waals surface area (Å²) in [5.41, 5.74) is 0. The van der Waals surface area contributed by atoms with Crippen molar-refractivity contribution in [2.45, 2.75) is 49.8 Å². The number of carbonyl (C=O) groups excluding carboxylic acids is 2. The number of hydrogen-bond donors (Lipinski definition) is 2. The van der Waals surface area contributed by atoms with Crippen LogP contribution >= 0.6 is 0 Å². The zero-order chi connectivity index (χ0) is 20.4. The fourth-order valence-corrected chi connectivity index (χ4v) is 3.82. The van der Waals surface area contributed by atoms with E-state index in [1.165, 1.54) is 18.6 Å². The van der Waals surface area contributed by atoms with Gasteiger partial charge in [-0.05, 0) is 43.5 Å². The van der Waals surface area contributed by atoms with Crippen molar-refractivity contribution in [1.29, 1.82) is 0 Å². The lowest BCUT2D eigenvalue weighted by Crippen LogP contribution is -2.38. The third-order valence-corrected chi connectivity index (χ3v) is 5.92. The summed E-state index contributed by atoms with van der Waals surface area (Å²) >= 11 is 0. The molecule has 0 radical (unpaired) electrons. The van der Waals surface area contributed by atoms with E-state index >= 15 is 0 Å². The molecule has 8 heteroatoms.